The van der Waals surface area contributed by atoms with E-state index in [4.69, 9.17) is 5.11 Å². The van der Waals surface area contributed by atoms with Crippen molar-refractivity contribution < 1.29 is 28.8 Å². The van der Waals surface area contributed by atoms with Crippen LogP contribution in [0.1, 0.15) is 12.2 Å². The predicted molar refractivity (Wildman–Crippen MR) is 57.7 cm³/mol. The Bertz CT molecular complexity index is 446. The molecule has 0 saturated heterocycles. The third-order valence-corrected chi connectivity index (χ3v) is 2.02. The van der Waals surface area contributed by atoms with Gasteiger partial charge in [-0.25, -0.2) is 9.59 Å². The molecule has 1 aromatic rings. The van der Waals surface area contributed by atoms with Crippen LogP contribution in [0.15, 0.2) is 10.9 Å². The SMILES string of the molecule is COC(=O)C[C@H](NC(=O)NCc1ncon1)C(=O)O. The van der Waals surface area contributed by atoms with Crippen molar-refractivity contribution in [2.24, 2.45) is 0 Å². The summed E-state index contributed by atoms with van der Waals surface area (Å²) in [5.41, 5.74) is 0. The fourth-order valence-corrected chi connectivity index (χ4v) is 1.09. The molecule has 0 radical (unpaired) electrons. The second-order valence-corrected chi connectivity index (χ2v) is 3.35. The van der Waals surface area contributed by atoms with Crippen molar-refractivity contribution in [1.82, 2.24) is 20.8 Å². The fraction of sp³-hybridized carbons (Fsp3) is 0.444. The number of ether oxygens (including phenoxy) is 1. The number of carboxylic acids is 1. The summed E-state index contributed by atoms with van der Waals surface area (Å²) in [6.07, 6.45) is 0.619. The Balaban J connectivity index is 2.42. The first-order valence-corrected chi connectivity index (χ1v) is 5.12. The zero-order chi connectivity index (χ0) is 14.3. The number of aliphatic carboxylic acids is 1. The van der Waals surface area contributed by atoms with Crippen LogP contribution < -0.4 is 10.6 Å². The van der Waals surface area contributed by atoms with Crippen LogP contribution in [0, 0.1) is 0 Å². The van der Waals surface area contributed by atoms with E-state index in [1.165, 1.54) is 0 Å². The Kier molecular flexibility index (Phi) is 5.26. The number of nitrogens with one attached hydrogen (secondary N) is 2. The van der Waals surface area contributed by atoms with E-state index in [1.54, 1.807) is 0 Å². The number of hydrogen-bond donors (Lipinski definition) is 3. The lowest BCUT2D eigenvalue weighted by Crippen LogP contribution is -2.46. The molecule has 10 nitrogen and oxygen atoms in total. The highest BCUT2D eigenvalue weighted by atomic mass is 16.5. The van der Waals surface area contributed by atoms with Gasteiger partial charge in [0.2, 0.25) is 6.39 Å². The van der Waals surface area contributed by atoms with E-state index in [-0.39, 0.29) is 12.4 Å². The lowest BCUT2D eigenvalue weighted by atomic mass is 10.2. The summed E-state index contributed by atoms with van der Waals surface area (Å²) in [4.78, 5) is 36.8. The Morgan fingerprint density at radius 1 is 1.53 bits per heavy atom. The van der Waals surface area contributed by atoms with Crippen LogP contribution in [-0.4, -0.2) is 46.4 Å². The molecule has 0 aliphatic heterocycles. The van der Waals surface area contributed by atoms with Gasteiger partial charge in [-0.3, -0.25) is 4.79 Å². The van der Waals surface area contributed by atoms with Crippen LogP contribution in [0.5, 0.6) is 0 Å². The maximum Gasteiger partial charge on any atom is 0.326 e. The number of carboxylic acid groups (broad SMARTS) is 1. The van der Waals surface area contributed by atoms with E-state index in [1.807, 2.05) is 0 Å². The standard InChI is InChI=1S/C9H12N4O6/c1-18-7(14)2-5(8(15)16)12-9(17)10-3-6-11-4-19-13-6/h4-5H,2-3H2,1H3,(H,15,16)(H2,10,12,17)/t5-/m0/s1. The second kappa shape index (κ2) is 6.93. The summed E-state index contributed by atoms with van der Waals surface area (Å²) in [6.45, 7) is -0.0348. The third-order valence-electron chi connectivity index (χ3n) is 2.02. The smallest absolute Gasteiger partial charge is 0.326 e. The van der Waals surface area contributed by atoms with E-state index >= 15 is 0 Å². The molecule has 10 heteroatoms. The number of carbonyl (C=O) groups is 3. The van der Waals surface area contributed by atoms with Gasteiger partial charge in [-0.05, 0) is 0 Å². The molecule has 0 bridgehead atoms. The molecule has 19 heavy (non-hydrogen) atoms. The summed E-state index contributed by atoms with van der Waals surface area (Å²) < 4.78 is 8.77. The van der Waals surface area contributed by atoms with Crippen LogP contribution >= 0.6 is 0 Å². The second-order valence-electron chi connectivity index (χ2n) is 3.35. The van der Waals surface area contributed by atoms with Gasteiger partial charge >= 0.3 is 18.0 Å². The molecule has 0 aromatic carbocycles. The van der Waals surface area contributed by atoms with E-state index in [0.29, 0.717) is 0 Å². The Morgan fingerprint density at radius 2 is 2.26 bits per heavy atom. The van der Waals surface area contributed by atoms with Crippen molar-refractivity contribution in [2.75, 3.05) is 7.11 Å². The molecule has 0 spiro atoms. The Hall–Kier alpha value is -2.65. The molecular weight excluding hydrogens is 260 g/mol. The van der Waals surface area contributed by atoms with Gasteiger partial charge in [-0.1, -0.05) is 5.16 Å². The van der Waals surface area contributed by atoms with Crippen LogP contribution in [-0.2, 0) is 20.9 Å². The normalized spacial score (nSPS) is 11.4. The Morgan fingerprint density at radius 3 is 2.79 bits per heavy atom. The highest BCUT2D eigenvalue weighted by Gasteiger charge is 2.23. The highest BCUT2D eigenvalue weighted by Crippen LogP contribution is 1.95. The average Bonchev–Trinajstić information content (AvgIpc) is 2.88. The quantitative estimate of drug-likeness (QED) is 0.552. The van der Waals surface area contributed by atoms with Crippen LogP contribution in [0.3, 0.4) is 0 Å². The largest absolute Gasteiger partial charge is 0.480 e. The Labute approximate surface area is 107 Å². The molecule has 0 unspecified atom stereocenters. The van der Waals surface area contributed by atoms with Crippen molar-refractivity contribution in [2.45, 2.75) is 19.0 Å². The van der Waals surface area contributed by atoms with Crippen molar-refractivity contribution in [1.29, 1.82) is 0 Å². The number of methoxy groups -OCH3 is 1. The number of hydrogen-bond acceptors (Lipinski definition) is 7. The molecule has 0 fully saturated rings. The molecular formula is C9H12N4O6. The predicted octanol–water partition coefficient (Wildman–Crippen LogP) is -1.11. The number of carbonyl (C=O) groups excluding carboxylic acids is 2. The van der Waals surface area contributed by atoms with E-state index in [9.17, 15) is 14.4 Å². The number of urea groups is 1. The molecule has 0 aliphatic carbocycles. The summed E-state index contributed by atoms with van der Waals surface area (Å²) in [5.74, 6) is -1.86. The van der Waals surface area contributed by atoms with Gasteiger partial charge in [0.15, 0.2) is 5.82 Å². The molecule has 2 amide bonds. The van der Waals surface area contributed by atoms with E-state index < -0.39 is 30.4 Å². The molecule has 1 rings (SSSR count). The molecule has 0 saturated carbocycles. The number of nitrogens with zero attached hydrogens (tertiary/aromatic N) is 2. The molecule has 1 heterocycles. The van der Waals surface area contributed by atoms with Crippen LogP contribution in [0.4, 0.5) is 4.79 Å². The first-order valence-electron chi connectivity index (χ1n) is 5.12. The summed E-state index contributed by atoms with van der Waals surface area (Å²) in [5, 5.41) is 16.7. The first kappa shape index (κ1) is 14.4. The van der Waals surface area contributed by atoms with Gasteiger partial charge < -0.3 is 25.0 Å². The number of amides is 2. The van der Waals surface area contributed by atoms with Crippen LogP contribution in [0.2, 0.25) is 0 Å². The van der Waals surface area contributed by atoms with Gasteiger partial charge in [0.05, 0.1) is 20.1 Å². The number of aromatic nitrogens is 2. The van der Waals surface area contributed by atoms with Gasteiger partial charge in [0, 0.05) is 0 Å². The zero-order valence-electron chi connectivity index (χ0n) is 9.95. The van der Waals surface area contributed by atoms with Crippen molar-refractivity contribution in [3.8, 4) is 0 Å². The average molecular weight is 272 g/mol. The molecule has 1 aromatic heterocycles. The topological polar surface area (TPSA) is 144 Å². The summed E-state index contributed by atoms with van der Waals surface area (Å²) in [6, 6.07) is -2.15. The zero-order valence-corrected chi connectivity index (χ0v) is 9.95. The summed E-state index contributed by atoms with van der Waals surface area (Å²) in [7, 11) is 1.12. The third kappa shape index (κ3) is 5.02. The first-order chi connectivity index (χ1) is 9.02. The summed E-state index contributed by atoms with van der Waals surface area (Å²) >= 11 is 0. The minimum Gasteiger partial charge on any atom is -0.480 e. The van der Waals surface area contributed by atoms with Gasteiger partial charge in [0.1, 0.15) is 6.04 Å². The van der Waals surface area contributed by atoms with E-state index in [2.05, 4.69) is 30.0 Å². The van der Waals surface area contributed by atoms with Gasteiger partial charge in [-0.15, -0.1) is 0 Å². The van der Waals surface area contributed by atoms with Crippen molar-refractivity contribution in [3.05, 3.63) is 12.2 Å². The van der Waals surface area contributed by atoms with E-state index in [0.717, 1.165) is 13.5 Å². The fourth-order valence-electron chi connectivity index (χ4n) is 1.09. The monoisotopic (exact) mass is 272 g/mol. The lowest BCUT2D eigenvalue weighted by molar-refractivity contribution is -0.147. The molecule has 1 atom stereocenters. The lowest BCUT2D eigenvalue weighted by Gasteiger charge is -2.13. The molecule has 104 valence electrons. The maximum absolute atomic E-state index is 11.4. The molecule has 3 N–H and O–H groups in total. The van der Waals surface area contributed by atoms with Crippen molar-refractivity contribution in [3.63, 3.8) is 0 Å². The number of esters is 1. The van der Waals surface area contributed by atoms with Crippen LogP contribution in [0.25, 0.3) is 0 Å². The minimum atomic E-state index is -1.38. The number of rotatable bonds is 6. The van der Waals surface area contributed by atoms with Gasteiger partial charge in [0.25, 0.3) is 0 Å². The minimum absolute atomic E-state index is 0.0348. The highest BCUT2D eigenvalue weighted by molar-refractivity contribution is 5.86. The molecule has 0 aliphatic rings. The van der Waals surface area contributed by atoms with Gasteiger partial charge in [-0.2, -0.15) is 4.98 Å². The maximum atomic E-state index is 11.4. The van der Waals surface area contributed by atoms with Crippen molar-refractivity contribution >= 4 is 18.0 Å².